The second kappa shape index (κ2) is 10.1. The number of rotatable bonds is 8. The average molecular weight is 503 g/mol. The minimum absolute atomic E-state index is 0.150. The summed E-state index contributed by atoms with van der Waals surface area (Å²) in [5, 5.41) is 14.8. The van der Waals surface area contributed by atoms with Crippen molar-refractivity contribution in [2.75, 3.05) is 13.1 Å². The first kappa shape index (κ1) is 24.6. The average Bonchev–Trinajstić information content (AvgIpc) is 3.60. The molecule has 0 spiro atoms. The first-order chi connectivity index (χ1) is 17.8. The molecule has 3 aromatic rings. The summed E-state index contributed by atoms with van der Waals surface area (Å²) in [5.74, 6) is -0.0368. The van der Waals surface area contributed by atoms with Crippen molar-refractivity contribution in [2.24, 2.45) is 5.73 Å². The van der Waals surface area contributed by atoms with E-state index in [2.05, 4.69) is 10.1 Å². The zero-order valence-corrected chi connectivity index (χ0v) is 21.0. The molecule has 0 unspecified atom stereocenters. The number of carbonyl (C=O) groups is 2. The Morgan fingerprint density at radius 2 is 2.03 bits per heavy atom. The predicted molar refractivity (Wildman–Crippen MR) is 136 cm³/mol. The van der Waals surface area contributed by atoms with Crippen LogP contribution in [0.1, 0.15) is 62.4 Å². The highest BCUT2D eigenvalue weighted by Gasteiger charge is 2.28. The van der Waals surface area contributed by atoms with Crippen LogP contribution in [0, 0.1) is 11.3 Å². The fourth-order valence-electron chi connectivity index (χ4n) is 4.72. The van der Waals surface area contributed by atoms with Crippen LogP contribution in [0.4, 0.5) is 0 Å². The highest BCUT2D eigenvalue weighted by Crippen LogP contribution is 2.40. The molecule has 5 rings (SSSR count). The van der Waals surface area contributed by atoms with E-state index in [4.69, 9.17) is 20.5 Å². The van der Waals surface area contributed by atoms with Gasteiger partial charge in [-0.05, 0) is 57.0 Å². The maximum Gasteiger partial charge on any atom is 0.252 e. The van der Waals surface area contributed by atoms with E-state index in [1.807, 2.05) is 30.8 Å². The first-order valence-corrected chi connectivity index (χ1v) is 12.6. The van der Waals surface area contributed by atoms with Crippen LogP contribution in [0.25, 0.3) is 21.9 Å². The van der Waals surface area contributed by atoms with E-state index in [0.717, 1.165) is 42.2 Å². The standard InChI is InChI=1S/C27H30N6O4/c1-16(2)36-24-11-21-20(10-22(24)26(29)35)23(17-12-31-33(14-17)18-5-6-18)13-30-27(21)37-19-4-3-9-32(15-19)25(34)7-8-28/h10-14,16,18-19H,3-7,9,15H2,1-2H3,(H2,29,35)/t19-/m1/s1. The topological polar surface area (TPSA) is 136 Å². The summed E-state index contributed by atoms with van der Waals surface area (Å²) in [4.78, 5) is 31.0. The molecule has 0 radical (unpaired) electrons. The van der Waals surface area contributed by atoms with Crippen LogP contribution < -0.4 is 15.2 Å². The number of ether oxygens (including phenoxy) is 2. The van der Waals surface area contributed by atoms with Gasteiger partial charge in [-0.15, -0.1) is 0 Å². The van der Waals surface area contributed by atoms with Crippen LogP contribution in [0.15, 0.2) is 30.7 Å². The van der Waals surface area contributed by atoms with E-state index in [1.54, 1.807) is 29.4 Å². The lowest BCUT2D eigenvalue weighted by atomic mass is 9.99. The number of fused-ring (bicyclic) bond motifs is 1. The van der Waals surface area contributed by atoms with E-state index in [-0.39, 0.29) is 30.1 Å². The second-order valence-electron chi connectivity index (χ2n) is 9.90. The number of piperidine rings is 1. The minimum Gasteiger partial charge on any atom is -0.490 e. The van der Waals surface area contributed by atoms with Crippen molar-refractivity contribution in [3.8, 4) is 28.8 Å². The number of aromatic nitrogens is 3. The van der Waals surface area contributed by atoms with Crippen LogP contribution in [0.5, 0.6) is 11.6 Å². The second-order valence-corrected chi connectivity index (χ2v) is 9.90. The lowest BCUT2D eigenvalue weighted by Gasteiger charge is -2.32. The Morgan fingerprint density at radius 3 is 2.73 bits per heavy atom. The number of primary amides is 1. The molecule has 2 fully saturated rings. The van der Waals surface area contributed by atoms with Crippen molar-refractivity contribution >= 4 is 22.6 Å². The molecule has 10 nitrogen and oxygen atoms in total. The van der Waals surface area contributed by atoms with Crippen molar-refractivity contribution in [1.29, 1.82) is 5.26 Å². The molecule has 10 heteroatoms. The number of nitriles is 1. The fraction of sp³-hybridized carbons (Fsp3) is 0.444. The zero-order chi connectivity index (χ0) is 26.1. The van der Waals surface area contributed by atoms with Gasteiger partial charge in [-0.3, -0.25) is 14.3 Å². The summed E-state index contributed by atoms with van der Waals surface area (Å²) in [6.45, 7) is 4.74. The largest absolute Gasteiger partial charge is 0.490 e. The lowest BCUT2D eigenvalue weighted by Crippen LogP contribution is -2.44. The summed E-state index contributed by atoms with van der Waals surface area (Å²) in [5.41, 5.74) is 7.70. The maximum absolute atomic E-state index is 12.4. The number of pyridine rings is 1. The molecule has 0 bridgehead atoms. The molecule has 2 aliphatic rings. The van der Waals surface area contributed by atoms with Gasteiger partial charge in [0.2, 0.25) is 11.8 Å². The van der Waals surface area contributed by atoms with Gasteiger partial charge in [0.1, 0.15) is 18.3 Å². The summed E-state index contributed by atoms with van der Waals surface area (Å²) < 4.78 is 14.3. The van der Waals surface area contributed by atoms with Crippen LogP contribution in [-0.2, 0) is 4.79 Å². The van der Waals surface area contributed by atoms with E-state index < -0.39 is 5.91 Å². The van der Waals surface area contributed by atoms with Crippen molar-refractivity contribution in [2.45, 2.75) is 64.2 Å². The molecule has 2 N–H and O–H groups in total. The number of benzene rings is 1. The van der Waals surface area contributed by atoms with Crippen molar-refractivity contribution in [1.82, 2.24) is 19.7 Å². The SMILES string of the molecule is CC(C)Oc1cc2c(O[C@@H]3CCCN(C(=O)CC#N)C3)ncc(-c3cnn(C4CC4)c3)c2cc1C(N)=O. The molecule has 37 heavy (non-hydrogen) atoms. The zero-order valence-electron chi connectivity index (χ0n) is 21.0. The highest BCUT2D eigenvalue weighted by atomic mass is 16.5. The Hall–Kier alpha value is -4.13. The van der Waals surface area contributed by atoms with Gasteiger partial charge < -0.3 is 20.1 Å². The number of carbonyl (C=O) groups excluding carboxylic acids is 2. The van der Waals surface area contributed by atoms with Gasteiger partial charge in [-0.1, -0.05) is 0 Å². The van der Waals surface area contributed by atoms with Gasteiger partial charge in [0.25, 0.3) is 5.91 Å². The molecule has 1 saturated carbocycles. The normalized spacial score (nSPS) is 17.6. The molecular formula is C27H30N6O4. The third-order valence-electron chi connectivity index (χ3n) is 6.65. The van der Waals surface area contributed by atoms with Gasteiger partial charge >= 0.3 is 0 Å². The van der Waals surface area contributed by atoms with E-state index >= 15 is 0 Å². The third-order valence-corrected chi connectivity index (χ3v) is 6.65. The molecule has 2 amide bonds. The molecule has 192 valence electrons. The van der Waals surface area contributed by atoms with Crippen molar-refractivity contribution in [3.63, 3.8) is 0 Å². The summed E-state index contributed by atoms with van der Waals surface area (Å²) in [6.07, 6.45) is 8.68. The van der Waals surface area contributed by atoms with Crippen LogP contribution in [0.3, 0.4) is 0 Å². The molecule has 2 aromatic heterocycles. The quantitative estimate of drug-likeness (QED) is 0.497. The minimum atomic E-state index is -0.588. The number of nitrogens with two attached hydrogens (primary N) is 1. The summed E-state index contributed by atoms with van der Waals surface area (Å²) in [7, 11) is 0. The van der Waals surface area contributed by atoms with Gasteiger partial charge in [0.05, 0.1) is 36.5 Å². The molecule has 1 aliphatic heterocycles. The van der Waals surface area contributed by atoms with Crippen molar-refractivity contribution < 1.29 is 19.1 Å². The Kier molecular flexibility index (Phi) is 6.70. The smallest absolute Gasteiger partial charge is 0.252 e. The Morgan fingerprint density at radius 1 is 1.22 bits per heavy atom. The molecule has 1 atom stereocenters. The van der Waals surface area contributed by atoms with E-state index in [0.29, 0.717) is 36.1 Å². The van der Waals surface area contributed by atoms with Gasteiger partial charge in [0.15, 0.2) is 0 Å². The van der Waals surface area contributed by atoms with Crippen LogP contribution in [-0.4, -0.2) is 56.8 Å². The number of hydrogen-bond acceptors (Lipinski definition) is 7. The van der Waals surface area contributed by atoms with Crippen LogP contribution >= 0.6 is 0 Å². The summed E-state index contributed by atoms with van der Waals surface area (Å²) in [6, 6.07) is 5.84. The Balaban J connectivity index is 1.57. The lowest BCUT2D eigenvalue weighted by molar-refractivity contribution is -0.132. The summed E-state index contributed by atoms with van der Waals surface area (Å²) >= 11 is 0. The number of nitrogens with zero attached hydrogens (tertiary/aromatic N) is 5. The van der Waals surface area contributed by atoms with E-state index in [9.17, 15) is 9.59 Å². The molecule has 3 heterocycles. The first-order valence-electron chi connectivity index (χ1n) is 12.6. The maximum atomic E-state index is 12.4. The third kappa shape index (κ3) is 5.21. The van der Waals surface area contributed by atoms with Gasteiger partial charge in [-0.2, -0.15) is 10.4 Å². The number of hydrogen-bond donors (Lipinski definition) is 1. The number of amides is 2. The Labute approximate surface area is 215 Å². The molecule has 1 aromatic carbocycles. The van der Waals surface area contributed by atoms with Gasteiger partial charge in [-0.25, -0.2) is 4.98 Å². The Bertz CT molecular complexity index is 1390. The highest BCUT2D eigenvalue weighted by molar-refractivity contribution is 6.06. The van der Waals surface area contributed by atoms with Crippen molar-refractivity contribution in [3.05, 3.63) is 36.3 Å². The number of likely N-dealkylation sites (tertiary alicyclic amines) is 1. The fourth-order valence-corrected chi connectivity index (χ4v) is 4.72. The van der Waals surface area contributed by atoms with E-state index in [1.165, 1.54) is 0 Å². The molecular weight excluding hydrogens is 472 g/mol. The predicted octanol–water partition coefficient (Wildman–Crippen LogP) is 3.60. The molecule has 1 saturated heterocycles. The molecule has 1 aliphatic carbocycles. The van der Waals surface area contributed by atoms with Gasteiger partial charge in [0, 0.05) is 35.5 Å². The monoisotopic (exact) mass is 502 g/mol. The van der Waals surface area contributed by atoms with Crippen LogP contribution in [0.2, 0.25) is 0 Å².